The van der Waals surface area contributed by atoms with Gasteiger partial charge in [0.25, 0.3) is 5.91 Å². The second kappa shape index (κ2) is 10.1. The molecule has 7 nitrogen and oxygen atoms in total. The minimum atomic E-state index is -0.190. The molecule has 0 spiro atoms. The Kier molecular flexibility index (Phi) is 6.85. The number of thiophene rings is 1. The molecule has 0 saturated carbocycles. The van der Waals surface area contributed by atoms with Crippen LogP contribution in [0, 0.1) is 0 Å². The number of carbonyl (C=O) groups excluding carboxylic acids is 2. The number of rotatable bonds is 9. The van der Waals surface area contributed by atoms with Gasteiger partial charge in [0.15, 0.2) is 5.78 Å². The predicted molar refractivity (Wildman–Crippen MR) is 122 cm³/mol. The monoisotopic (exact) mass is 449 g/mol. The lowest BCUT2D eigenvalue weighted by Crippen LogP contribution is -2.12. The van der Waals surface area contributed by atoms with Gasteiger partial charge < -0.3 is 5.32 Å². The Bertz CT molecular complexity index is 1140. The number of ketones is 1. The van der Waals surface area contributed by atoms with E-state index >= 15 is 0 Å². The molecule has 0 saturated heterocycles. The molecule has 2 aromatic carbocycles. The molecule has 4 rings (SSSR count). The zero-order valence-corrected chi connectivity index (χ0v) is 18.1. The average molecular weight is 450 g/mol. The van der Waals surface area contributed by atoms with E-state index in [1.165, 1.54) is 16.6 Å². The summed E-state index contributed by atoms with van der Waals surface area (Å²) >= 11 is 3.02. The third kappa shape index (κ3) is 5.65. The van der Waals surface area contributed by atoms with Crippen molar-refractivity contribution >= 4 is 40.5 Å². The zero-order chi connectivity index (χ0) is 21.5. The van der Waals surface area contributed by atoms with Crippen molar-refractivity contribution in [3.8, 4) is 0 Å². The maximum atomic E-state index is 12.6. The van der Waals surface area contributed by atoms with Gasteiger partial charge in [-0.25, -0.2) is 4.68 Å². The topological polar surface area (TPSA) is 89.8 Å². The summed E-state index contributed by atoms with van der Waals surface area (Å²) in [5, 5.41) is 17.3. The molecule has 0 aliphatic heterocycles. The number of nitrogens with zero attached hydrogens (tertiary/aromatic N) is 4. The summed E-state index contributed by atoms with van der Waals surface area (Å²) in [4.78, 5) is 26.1. The van der Waals surface area contributed by atoms with Gasteiger partial charge in [0.2, 0.25) is 5.16 Å². The Morgan fingerprint density at radius 3 is 2.52 bits per heavy atom. The molecule has 156 valence electrons. The average Bonchev–Trinajstić information content (AvgIpc) is 3.49. The number of tetrazole rings is 1. The van der Waals surface area contributed by atoms with Crippen molar-refractivity contribution in [3.63, 3.8) is 0 Å². The molecule has 9 heteroatoms. The van der Waals surface area contributed by atoms with Gasteiger partial charge in [-0.3, -0.25) is 9.59 Å². The number of carbonyl (C=O) groups is 2. The van der Waals surface area contributed by atoms with E-state index in [1.54, 1.807) is 52.4 Å². The standard InChI is InChI=1S/C22H19N5O2S2/c28-20(15-31-22-24-25-26-27(22)13-12-19-7-4-14-30-19)16-8-10-18(11-9-16)23-21(29)17-5-2-1-3-6-17/h1-11,14H,12-13,15H2,(H,23,29). The number of hydrogen-bond acceptors (Lipinski definition) is 7. The van der Waals surface area contributed by atoms with E-state index in [0.29, 0.717) is 28.5 Å². The number of aromatic nitrogens is 4. The molecule has 0 unspecified atom stereocenters. The smallest absolute Gasteiger partial charge is 0.255 e. The number of anilines is 1. The summed E-state index contributed by atoms with van der Waals surface area (Å²) in [5.41, 5.74) is 1.79. The van der Waals surface area contributed by atoms with Crippen LogP contribution in [0.1, 0.15) is 25.6 Å². The molecule has 0 bridgehead atoms. The lowest BCUT2D eigenvalue weighted by Gasteiger charge is -2.07. The molecule has 2 heterocycles. The summed E-state index contributed by atoms with van der Waals surface area (Å²) in [6.45, 7) is 0.667. The van der Waals surface area contributed by atoms with Crippen molar-refractivity contribution in [2.75, 3.05) is 11.1 Å². The number of hydrogen-bond donors (Lipinski definition) is 1. The molecule has 0 aliphatic rings. The zero-order valence-electron chi connectivity index (χ0n) is 16.5. The summed E-state index contributed by atoms with van der Waals surface area (Å²) in [6, 6.07) is 20.0. The maximum absolute atomic E-state index is 12.6. The van der Waals surface area contributed by atoms with E-state index in [2.05, 4.69) is 26.9 Å². The normalized spacial score (nSPS) is 10.7. The third-order valence-corrected chi connectivity index (χ3v) is 6.38. The van der Waals surface area contributed by atoms with E-state index in [1.807, 2.05) is 29.6 Å². The minimum absolute atomic E-state index is 0.0289. The highest BCUT2D eigenvalue weighted by molar-refractivity contribution is 7.99. The summed E-state index contributed by atoms with van der Waals surface area (Å²) in [7, 11) is 0. The quantitative estimate of drug-likeness (QED) is 0.304. The first-order valence-electron chi connectivity index (χ1n) is 9.60. The number of benzene rings is 2. The fraction of sp³-hybridized carbons (Fsp3) is 0.136. The Balaban J connectivity index is 1.30. The van der Waals surface area contributed by atoms with Crippen LogP contribution in [0.25, 0.3) is 0 Å². The lowest BCUT2D eigenvalue weighted by atomic mass is 10.1. The van der Waals surface area contributed by atoms with Gasteiger partial charge in [-0.15, -0.1) is 16.4 Å². The highest BCUT2D eigenvalue weighted by atomic mass is 32.2. The van der Waals surface area contributed by atoms with Crippen LogP contribution in [0.3, 0.4) is 0 Å². The van der Waals surface area contributed by atoms with Gasteiger partial charge >= 0.3 is 0 Å². The van der Waals surface area contributed by atoms with Gasteiger partial charge in [-0.05, 0) is 58.3 Å². The van der Waals surface area contributed by atoms with Crippen molar-refractivity contribution in [1.29, 1.82) is 0 Å². The Morgan fingerprint density at radius 2 is 1.77 bits per heavy atom. The van der Waals surface area contributed by atoms with Gasteiger partial charge in [-0.2, -0.15) is 0 Å². The highest BCUT2D eigenvalue weighted by Crippen LogP contribution is 2.19. The molecule has 0 aliphatic carbocycles. The van der Waals surface area contributed by atoms with Crippen LogP contribution in [0.4, 0.5) is 5.69 Å². The fourth-order valence-corrected chi connectivity index (χ4v) is 4.35. The fourth-order valence-electron chi connectivity index (χ4n) is 2.86. The molecule has 31 heavy (non-hydrogen) atoms. The first-order valence-corrected chi connectivity index (χ1v) is 11.5. The third-order valence-electron chi connectivity index (χ3n) is 4.48. The second-order valence-corrected chi connectivity index (χ2v) is 8.60. The number of nitrogens with one attached hydrogen (secondary N) is 1. The second-order valence-electron chi connectivity index (χ2n) is 6.62. The summed E-state index contributed by atoms with van der Waals surface area (Å²) in [5.74, 6) is 0.0121. The molecule has 4 aromatic rings. The van der Waals surface area contributed by atoms with Crippen molar-refractivity contribution in [2.24, 2.45) is 0 Å². The van der Waals surface area contributed by atoms with Crippen LogP contribution < -0.4 is 5.32 Å². The maximum Gasteiger partial charge on any atom is 0.255 e. The number of thioether (sulfide) groups is 1. The first-order chi connectivity index (χ1) is 15.2. The van der Waals surface area contributed by atoms with Gasteiger partial charge in [0, 0.05) is 28.1 Å². The largest absolute Gasteiger partial charge is 0.322 e. The molecule has 0 fully saturated rings. The molecule has 2 aromatic heterocycles. The van der Waals surface area contributed by atoms with Gasteiger partial charge in [0.1, 0.15) is 0 Å². The molecule has 1 N–H and O–H groups in total. The summed E-state index contributed by atoms with van der Waals surface area (Å²) in [6.07, 6.45) is 0.848. The van der Waals surface area contributed by atoms with Crippen LogP contribution in [-0.2, 0) is 13.0 Å². The van der Waals surface area contributed by atoms with Crippen molar-refractivity contribution in [1.82, 2.24) is 20.2 Å². The van der Waals surface area contributed by atoms with Gasteiger partial charge in [0.05, 0.1) is 12.3 Å². The SMILES string of the molecule is O=C(CSc1nnnn1CCc1cccs1)c1ccc(NC(=O)c2ccccc2)cc1. The van der Waals surface area contributed by atoms with E-state index in [4.69, 9.17) is 0 Å². The number of Topliss-reactive ketones (excluding diaryl/α,β-unsaturated/α-hetero) is 1. The number of aryl methyl sites for hydroxylation is 2. The van der Waals surface area contributed by atoms with Gasteiger partial charge in [-0.1, -0.05) is 36.0 Å². The molecular weight excluding hydrogens is 430 g/mol. The van der Waals surface area contributed by atoms with E-state index in [0.717, 1.165) is 6.42 Å². The van der Waals surface area contributed by atoms with E-state index in [-0.39, 0.29) is 17.4 Å². The Morgan fingerprint density at radius 1 is 0.968 bits per heavy atom. The van der Waals surface area contributed by atoms with Crippen LogP contribution in [0.15, 0.2) is 77.3 Å². The van der Waals surface area contributed by atoms with Crippen molar-refractivity contribution < 1.29 is 9.59 Å². The van der Waals surface area contributed by atoms with E-state index < -0.39 is 0 Å². The van der Waals surface area contributed by atoms with Crippen LogP contribution in [0.5, 0.6) is 0 Å². The molecule has 0 atom stereocenters. The van der Waals surface area contributed by atoms with Crippen LogP contribution in [-0.4, -0.2) is 37.7 Å². The molecule has 1 amide bonds. The first kappa shape index (κ1) is 21.0. The highest BCUT2D eigenvalue weighted by Gasteiger charge is 2.12. The van der Waals surface area contributed by atoms with Crippen molar-refractivity contribution in [3.05, 3.63) is 88.1 Å². The minimum Gasteiger partial charge on any atom is -0.322 e. The molecular formula is C22H19N5O2S2. The van der Waals surface area contributed by atoms with Crippen LogP contribution in [0.2, 0.25) is 0 Å². The lowest BCUT2D eigenvalue weighted by molar-refractivity contribution is 0.101. The van der Waals surface area contributed by atoms with E-state index in [9.17, 15) is 9.59 Å². The predicted octanol–water partition coefficient (Wildman–Crippen LogP) is 4.20. The summed E-state index contributed by atoms with van der Waals surface area (Å²) < 4.78 is 1.72. The Labute approximate surface area is 187 Å². The van der Waals surface area contributed by atoms with Crippen LogP contribution >= 0.6 is 23.1 Å². The Hall–Kier alpha value is -3.30. The molecule has 0 radical (unpaired) electrons. The van der Waals surface area contributed by atoms with Crippen molar-refractivity contribution in [2.45, 2.75) is 18.1 Å². The number of amides is 1.